The van der Waals surface area contributed by atoms with Gasteiger partial charge in [-0.05, 0) is 6.42 Å². The zero-order valence-electron chi connectivity index (χ0n) is 26.1. The van der Waals surface area contributed by atoms with Gasteiger partial charge in [0, 0.05) is 31.7 Å². The van der Waals surface area contributed by atoms with Gasteiger partial charge in [-0.1, -0.05) is 0 Å². The lowest BCUT2D eigenvalue weighted by Gasteiger charge is -2.13. The highest BCUT2D eigenvalue weighted by Gasteiger charge is 2.22. The van der Waals surface area contributed by atoms with E-state index in [1.807, 2.05) is 0 Å². The number of hydrogen-bond donors (Lipinski definition) is 2. The summed E-state index contributed by atoms with van der Waals surface area (Å²) in [5.41, 5.74) is 0. The second kappa shape index (κ2) is 30.1. The topological polar surface area (TPSA) is 187 Å². The molecular formula is C29H50N2O14. The van der Waals surface area contributed by atoms with E-state index in [-0.39, 0.29) is 43.7 Å². The van der Waals surface area contributed by atoms with E-state index in [2.05, 4.69) is 5.32 Å². The number of carbonyl (C=O) groups is 4. The zero-order chi connectivity index (χ0) is 32.6. The van der Waals surface area contributed by atoms with Crippen LogP contribution in [0.5, 0.6) is 0 Å². The quantitative estimate of drug-likeness (QED) is 0.0666. The van der Waals surface area contributed by atoms with E-state index in [0.717, 1.165) is 4.90 Å². The molecule has 1 heterocycles. The largest absolute Gasteiger partial charge is 0.481 e. The summed E-state index contributed by atoms with van der Waals surface area (Å²) in [5.74, 6) is -1.89. The van der Waals surface area contributed by atoms with Crippen molar-refractivity contribution < 1.29 is 66.9 Å². The van der Waals surface area contributed by atoms with Crippen LogP contribution in [0.1, 0.15) is 19.3 Å². The molecule has 0 aliphatic carbocycles. The van der Waals surface area contributed by atoms with Gasteiger partial charge >= 0.3 is 5.97 Å². The molecule has 0 aromatic heterocycles. The van der Waals surface area contributed by atoms with Crippen LogP contribution in [0.2, 0.25) is 0 Å². The number of carbonyl (C=O) groups excluding carboxylic acids is 3. The van der Waals surface area contributed by atoms with Crippen molar-refractivity contribution in [2.45, 2.75) is 19.3 Å². The summed E-state index contributed by atoms with van der Waals surface area (Å²) in [7, 11) is 0. The lowest BCUT2D eigenvalue weighted by Crippen LogP contribution is -2.33. The first-order chi connectivity index (χ1) is 22.0. The molecule has 0 aromatic rings. The Labute approximate surface area is 264 Å². The molecule has 260 valence electrons. The van der Waals surface area contributed by atoms with E-state index in [9.17, 15) is 19.2 Å². The highest BCUT2D eigenvalue weighted by atomic mass is 16.6. The third-order valence-corrected chi connectivity index (χ3v) is 5.69. The molecule has 0 spiro atoms. The minimum Gasteiger partial charge on any atom is -0.481 e. The summed E-state index contributed by atoms with van der Waals surface area (Å²) >= 11 is 0. The zero-order valence-corrected chi connectivity index (χ0v) is 26.1. The van der Waals surface area contributed by atoms with Crippen LogP contribution in [-0.2, 0) is 61.8 Å². The second-order valence-electron chi connectivity index (χ2n) is 9.27. The summed E-state index contributed by atoms with van der Waals surface area (Å²) in [5, 5.41) is 11.2. The number of hydrogen-bond acceptors (Lipinski definition) is 13. The van der Waals surface area contributed by atoms with Crippen LogP contribution in [-0.4, -0.2) is 166 Å². The Morgan fingerprint density at radius 1 is 0.533 bits per heavy atom. The molecule has 0 radical (unpaired) electrons. The van der Waals surface area contributed by atoms with Crippen molar-refractivity contribution >= 4 is 23.7 Å². The van der Waals surface area contributed by atoms with Crippen LogP contribution in [0, 0.1) is 0 Å². The number of amides is 3. The number of rotatable bonds is 34. The number of nitrogens with one attached hydrogen (secondary N) is 1. The number of ether oxygens (including phenoxy) is 9. The molecule has 0 atom stereocenters. The van der Waals surface area contributed by atoms with Crippen molar-refractivity contribution in [3.63, 3.8) is 0 Å². The van der Waals surface area contributed by atoms with Gasteiger partial charge in [0.1, 0.15) is 0 Å². The SMILES string of the molecule is O=C(O)CCC(=O)NCCCOCCOCCOCCOCCOCCOCCOCCOCCOCCN1C(=O)C=CC1=O. The molecule has 1 aliphatic heterocycles. The lowest BCUT2D eigenvalue weighted by molar-refractivity contribution is -0.139. The van der Waals surface area contributed by atoms with Gasteiger partial charge in [-0.15, -0.1) is 0 Å². The van der Waals surface area contributed by atoms with Crippen LogP contribution in [0.4, 0.5) is 0 Å². The second-order valence-corrected chi connectivity index (χ2v) is 9.27. The van der Waals surface area contributed by atoms with Crippen LogP contribution in [0.25, 0.3) is 0 Å². The smallest absolute Gasteiger partial charge is 0.303 e. The standard InChI is InChI=1S/C29H50N2O14/c32-26(2-5-29(35)36)30-6-1-8-37-10-12-39-14-16-41-18-20-43-22-24-45-25-23-44-21-19-42-17-15-40-13-11-38-9-7-31-27(33)3-4-28(31)34/h3-4H,1-2,5-25H2,(H,30,32)(H,35,36). The number of aliphatic carboxylic acids is 1. The van der Waals surface area contributed by atoms with E-state index in [1.165, 1.54) is 12.2 Å². The van der Waals surface area contributed by atoms with Gasteiger partial charge in [0.2, 0.25) is 5.91 Å². The summed E-state index contributed by atoms with van der Waals surface area (Å²) in [6, 6.07) is 0. The van der Waals surface area contributed by atoms with Crippen molar-refractivity contribution in [2.75, 3.05) is 132 Å². The first-order valence-electron chi connectivity index (χ1n) is 15.2. The molecule has 3 amide bonds. The number of carboxylic acid groups (broad SMARTS) is 1. The normalized spacial score (nSPS) is 12.8. The average molecular weight is 651 g/mol. The predicted octanol–water partition coefficient (Wildman–Crippen LogP) is -0.568. The van der Waals surface area contributed by atoms with E-state index >= 15 is 0 Å². The molecule has 0 unspecified atom stereocenters. The summed E-state index contributed by atoms with van der Waals surface area (Å²) < 4.78 is 48.7. The van der Waals surface area contributed by atoms with Gasteiger partial charge in [0.05, 0.1) is 125 Å². The Bertz CT molecular complexity index is 796. The fraction of sp³-hybridized carbons (Fsp3) is 0.793. The predicted molar refractivity (Wildman–Crippen MR) is 158 cm³/mol. The van der Waals surface area contributed by atoms with E-state index in [4.69, 9.17) is 47.7 Å². The minimum atomic E-state index is -0.988. The minimum absolute atomic E-state index is 0.0153. The van der Waals surface area contributed by atoms with Crippen molar-refractivity contribution in [1.29, 1.82) is 0 Å². The Morgan fingerprint density at radius 3 is 1.22 bits per heavy atom. The van der Waals surface area contributed by atoms with Gasteiger partial charge in [-0.25, -0.2) is 0 Å². The molecule has 2 N–H and O–H groups in total. The van der Waals surface area contributed by atoms with Crippen LogP contribution < -0.4 is 5.32 Å². The molecule has 0 fully saturated rings. The fourth-order valence-electron chi connectivity index (χ4n) is 3.38. The maximum atomic E-state index is 11.4. The van der Waals surface area contributed by atoms with Crippen molar-refractivity contribution in [3.8, 4) is 0 Å². The molecule has 45 heavy (non-hydrogen) atoms. The first-order valence-corrected chi connectivity index (χ1v) is 15.2. The van der Waals surface area contributed by atoms with E-state index in [1.54, 1.807) is 0 Å². The Morgan fingerprint density at radius 2 is 0.867 bits per heavy atom. The maximum Gasteiger partial charge on any atom is 0.303 e. The molecule has 16 heteroatoms. The fourth-order valence-corrected chi connectivity index (χ4v) is 3.38. The summed E-state index contributed by atoms with van der Waals surface area (Å²) in [4.78, 5) is 45.6. The molecule has 1 rings (SSSR count). The Hall–Kier alpha value is -2.54. The van der Waals surface area contributed by atoms with Crippen LogP contribution >= 0.6 is 0 Å². The van der Waals surface area contributed by atoms with Gasteiger partial charge < -0.3 is 53.1 Å². The van der Waals surface area contributed by atoms with Gasteiger partial charge in [-0.2, -0.15) is 0 Å². The van der Waals surface area contributed by atoms with E-state index < -0.39 is 5.97 Å². The van der Waals surface area contributed by atoms with Crippen LogP contribution in [0.15, 0.2) is 12.2 Å². The highest BCUT2D eigenvalue weighted by molar-refractivity contribution is 6.12. The monoisotopic (exact) mass is 650 g/mol. The van der Waals surface area contributed by atoms with Crippen molar-refractivity contribution in [3.05, 3.63) is 12.2 Å². The van der Waals surface area contributed by atoms with Crippen LogP contribution in [0.3, 0.4) is 0 Å². The molecule has 0 saturated heterocycles. The molecular weight excluding hydrogens is 600 g/mol. The van der Waals surface area contributed by atoms with Crippen molar-refractivity contribution in [1.82, 2.24) is 10.2 Å². The molecule has 1 aliphatic rings. The molecule has 0 bridgehead atoms. The Balaban J connectivity index is 1.65. The van der Waals surface area contributed by atoms with Gasteiger partial charge in [0.15, 0.2) is 0 Å². The number of carboxylic acids is 1. The first kappa shape index (κ1) is 40.5. The molecule has 0 saturated carbocycles. The summed E-state index contributed by atoms with van der Waals surface area (Å²) in [6.07, 6.45) is 2.96. The van der Waals surface area contributed by atoms with Gasteiger partial charge in [-0.3, -0.25) is 24.1 Å². The summed E-state index contributed by atoms with van der Waals surface area (Å²) in [6.45, 7) is 8.57. The third-order valence-electron chi connectivity index (χ3n) is 5.69. The third kappa shape index (κ3) is 26.4. The number of imide groups is 1. The molecule has 0 aromatic carbocycles. The Kier molecular flexibility index (Phi) is 27.1. The number of nitrogens with zero attached hydrogens (tertiary/aromatic N) is 1. The van der Waals surface area contributed by atoms with Gasteiger partial charge in [0.25, 0.3) is 11.8 Å². The average Bonchev–Trinajstić information content (AvgIpc) is 3.35. The van der Waals surface area contributed by atoms with Crippen molar-refractivity contribution in [2.24, 2.45) is 0 Å². The highest BCUT2D eigenvalue weighted by Crippen LogP contribution is 2.02. The lowest BCUT2D eigenvalue weighted by atomic mass is 10.3. The maximum absolute atomic E-state index is 11.4. The molecule has 16 nitrogen and oxygen atoms in total. The van der Waals surface area contributed by atoms with E-state index in [0.29, 0.717) is 125 Å².